The number of nitrogens with zero attached hydrogens (tertiary/aromatic N) is 2. The average Bonchev–Trinajstić information content (AvgIpc) is 2.65. The number of likely N-dealkylation sites (tertiary alicyclic amines) is 1. The fourth-order valence-corrected chi connectivity index (χ4v) is 3.41. The summed E-state index contributed by atoms with van der Waals surface area (Å²) in [4.78, 5) is 6.12. The highest BCUT2D eigenvalue weighted by Crippen LogP contribution is 2.15. The van der Waals surface area contributed by atoms with Crippen molar-refractivity contribution in [2.45, 2.75) is 57.9 Å². The molecule has 1 aromatic rings. The van der Waals surface area contributed by atoms with Gasteiger partial charge in [0, 0.05) is 32.7 Å². The molecule has 0 saturated carbocycles. The molecule has 4 nitrogen and oxygen atoms in total. The molecule has 7 heteroatoms. The van der Waals surface area contributed by atoms with Gasteiger partial charge in [-0.05, 0) is 42.7 Å². The van der Waals surface area contributed by atoms with Gasteiger partial charge < -0.3 is 10.6 Å². The van der Waals surface area contributed by atoms with Gasteiger partial charge in [0.15, 0.2) is 5.96 Å². The molecule has 1 aliphatic heterocycles. The number of hydrogen-bond donors (Lipinski definition) is 2. The molecule has 0 unspecified atom stereocenters. The van der Waals surface area contributed by atoms with E-state index in [2.05, 4.69) is 53.7 Å². The highest BCUT2D eigenvalue weighted by molar-refractivity contribution is 14.0. The van der Waals surface area contributed by atoms with Crippen molar-refractivity contribution < 1.29 is 8.78 Å². The first-order chi connectivity index (χ1) is 13.0. The Hall–Kier alpha value is -0.960. The molecule has 0 aliphatic carbocycles. The lowest BCUT2D eigenvalue weighted by atomic mass is 10.0. The van der Waals surface area contributed by atoms with E-state index in [1.165, 1.54) is 11.1 Å². The molecule has 0 spiro atoms. The Balaban J connectivity index is 0.00000392. The van der Waals surface area contributed by atoms with Gasteiger partial charge in [0.2, 0.25) is 0 Å². The van der Waals surface area contributed by atoms with Crippen LogP contribution in [-0.4, -0.2) is 56.6 Å². The van der Waals surface area contributed by atoms with Gasteiger partial charge in [-0.25, -0.2) is 8.78 Å². The van der Waals surface area contributed by atoms with Crippen LogP contribution < -0.4 is 10.6 Å². The minimum Gasteiger partial charge on any atom is -0.356 e. The molecule has 160 valence electrons. The summed E-state index contributed by atoms with van der Waals surface area (Å²) < 4.78 is 24.9. The molecule has 1 heterocycles. The summed E-state index contributed by atoms with van der Waals surface area (Å²) >= 11 is 0. The van der Waals surface area contributed by atoms with Crippen molar-refractivity contribution in [2.75, 3.05) is 33.2 Å². The van der Waals surface area contributed by atoms with Gasteiger partial charge in [-0.2, -0.15) is 0 Å². The summed E-state index contributed by atoms with van der Waals surface area (Å²) in [6.45, 7) is 6.59. The van der Waals surface area contributed by atoms with E-state index in [0.29, 0.717) is 25.0 Å². The Morgan fingerprint density at radius 3 is 2.36 bits per heavy atom. The molecule has 28 heavy (non-hydrogen) atoms. The number of alkyl halides is 2. The molecule has 1 fully saturated rings. The second-order valence-electron chi connectivity index (χ2n) is 7.61. The highest BCUT2D eigenvalue weighted by Gasteiger charge is 2.21. The SMILES string of the molecule is CN=C(NCCCc1ccc(C(C)C)cc1)NC1CCN(CC(F)F)CC1.I. The molecule has 0 aromatic heterocycles. The van der Waals surface area contributed by atoms with Gasteiger partial charge >= 0.3 is 0 Å². The quantitative estimate of drug-likeness (QED) is 0.239. The lowest BCUT2D eigenvalue weighted by Crippen LogP contribution is -2.49. The summed E-state index contributed by atoms with van der Waals surface area (Å²) in [6.07, 6.45) is 1.57. The predicted molar refractivity (Wildman–Crippen MR) is 124 cm³/mol. The second kappa shape index (κ2) is 13.3. The zero-order valence-corrected chi connectivity index (χ0v) is 19.6. The Bertz CT molecular complexity index is 570. The predicted octanol–water partition coefficient (Wildman–Crippen LogP) is 4.26. The van der Waals surface area contributed by atoms with Crippen molar-refractivity contribution in [3.05, 3.63) is 35.4 Å². The first kappa shape index (κ1) is 25.1. The minimum atomic E-state index is -2.24. The third-order valence-electron chi connectivity index (χ3n) is 5.13. The second-order valence-corrected chi connectivity index (χ2v) is 7.61. The monoisotopic (exact) mass is 508 g/mol. The van der Waals surface area contributed by atoms with Crippen LogP contribution in [0.2, 0.25) is 0 Å². The van der Waals surface area contributed by atoms with Crippen LogP contribution in [0.1, 0.15) is 50.2 Å². The molecule has 1 aromatic carbocycles. The normalized spacial score (nSPS) is 16.3. The number of piperidine rings is 1. The molecular weight excluding hydrogens is 473 g/mol. The average molecular weight is 508 g/mol. The van der Waals surface area contributed by atoms with E-state index in [-0.39, 0.29) is 30.5 Å². The van der Waals surface area contributed by atoms with Crippen LogP contribution in [0.4, 0.5) is 8.78 Å². The number of benzene rings is 1. The Labute approximate surface area is 185 Å². The van der Waals surface area contributed by atoms with Gasteiger partial charge in [-0.1, -0.05) is 38.1 Å². The van der Waals surface area contributed by atoms with E-state index in [4.69, 9.17) is 0 Å². The van der Waals surface area contributed by atoms with E-state index >= 15 is 0 Å². The third kappa shape index (κ3) is 9.03. The highest BCUT2D eigenvalue weighted by atomic mass is 127. The molecule has 1 saturated heterocycles. The van der Waals surface area contributed by atoms with Crippen molar-refractivity contribution in [1.82, 2.24) is 15.5 Å². The molecule has 2 N–H and O–H groups in total. The zero-order valence-electron chi connectivity index (χ0n) is 17.3. The molecule has 0 radical (unpaired) electrons. The van der Waals surface area contributed by atoms with Gasteiger partial charge in [0.25, 0.3) is 6.43 Å². The third-order valence-corrected chi connectivity index (χ3v) is 5.13. The number of rotatable bonds is 8. The molecule has 0 bridgehead atoms. The largest absolute Gasteiger partial charge is 0.356 e. The van der Waals surface area contributed by atoms with Gasteiger partial charge in [0.05, 0.1) is 6.54 Å². The van der Waals surface area contributed by atoms with Crippen molar-refractivity contribution in [3.8, 4) is 0 Å². The van der Waals surface area contributed by atoms with Crippen LogP contribution in [0.15, 0.2) is 29.3 Å². The number of aliphatic imine (C=N–C) groups is 1. The number of guanidine groups is 1. The summed E-state index contributed by atoms with van der Waals surface area (Å²) in [5.41, 5.74) is 2.73. The summed E-state index contributed by atoms with van der Waals surface area (Å²) in [5.74, 6) is 1.37. The van der Waals surface area contributed by atoms with Gasteiger partial charge in [-0.3, -0.25) is 9.89 Å². The summed E-state index contributed by atoms with van der Waals surface area (Å²) in [6, 6.07) is 9.17. The maximum Gasteiger partial charge on any atom is 0.251 e. The fourth-order valence-electron chi connectivity index (χ4n) is 3.41. The van der Waals surface area contributed by atoms with Crippen molar-refractivity contribution in [3.63, 3.8) is 0 Å². The molecule has 0 atom stereocenters. The van der Waals surface area contributed by atoms with Crippen LogP contribution in [0.3, 0.4) is 0 Å². The fraction of sp³-hybridized carbons (Fsp3) is 0.667. The molecule has 1 aliphatic rings. The van der Waals surface area contributed by atoms with Crippen molar-refractivity contribution in [1.29, 1.82) is 0 Å². The number of aryl methyl sites for hydroxylation is 1. The van der Waals surface area contributed by atoms with Gasteiger partial charge in [-0.15, -0.1) is 24.0 Å². The molecule has 0 amide bonds. The van der Waals surface area contributed by atoms with E-state index in [9.17, 15) is 8.78 Å². The molecular formula is C21H35F2IN4. The van der Waals surface area contributed by atoms with E-state index in [1.54, 1.807) is 7.05 Å². The van der Waals surface area contributed by atoms with Crippen LogP contribution in [-0.2, 0) is 6.42 Å². The first-order valence-electron chi connectivity index (χ1n) is 10.0. The zero-order chi connectivity index (χ0) is 19.6. The number of nitrogens with one attached hydrogen (secondary N) is 2. The summed E-state index contributed by atoms with van der Waals surface area (Å²) in [7, 11) is 1.77. The smallest absolute Gasteiger partial charge is 0.251 e. The maximum absolute atomic E-state index is 12.4. The van der Waals surface area contributed by atoms with E-state index in [0.717, 1.165) is 38.2 Å². The molecule has 2 rings (SSSR count). The Morgan fingerprint density at radius 1 is 1.18 bits per heavy atom. The summed E-state index contributed by atoms with van der Waals surface area (Å²) in [5, 5.41) is 6.79. The van der Waals surface area contributed by atoms with Crippen LogP contribution in [0, 0.1) is 0 Å². The van der Waals surface area contributed by atoms with Crippen LogP contribution >= 0.6 is 24.0 Å². The van der Waals surface area contributed by atoms with Crippen molar-refractivity contribution >= 4 is 29.9 Å². The lowest BCUT2D eigenvalue weighted by Gasteiger charge is -2.32. The van der Waals surface area contributed by atoms with Crippen LogP contribution in [0.5, 0.6) is 0 Å². The number of halogens is 3. The van der Waals surface area contributed by atoms with Crippen LogP contribution in [0.25, 0.3) is 0 Å². The first-order valence-corrected chi connectivity index (χ1v) is 10.0. The van der Waals surface area contributed by atoms with E-state index < -0.39 is 6.43 Å². The topological polar surface area (TPSA) is 39.7 Å². The van der Waals surface area contributed by atoms with E-state index in [1.807, 2.05) is 4.90 Å². The maximum atomic E-state index is 12.4. The Kier molecular flexibility index (Phi) is 11.9. The van der Waals surface area contributed by atoms with Crippen molar-refractivity contribution in [2.24, 2.45) is 4.99 Å². The Morgan fingerprint density at radius 2 is 1.82 bits per heavy atom. The number of hydrogen-bond acceptors (Lipinski definition) is 2. The standard InChI is InChI=1S/C21H34F2N4.HI/c1-16(2)18-8-6-17(7-9-18)5-4-12-25-21(24-3)26-19-10-13-27(14-11-19)15-20(22)23;/h6-9,16,19-20H,4-5,10-15H2,1-3H3,(H2,24,25,26);1H. The lowest BCUT2D eigenvalue weighted by molar-refractivity contribution is 0.0744. The minimum absolute atomic E-state index is 0. The van der Waals surface area contributed by atoms with Gasteiger partial charge in [0.1, 0.15) is 0 Å².